The van der Waals surface area contributed by atoms with Crippen LogP contribution < -0.4 is 15.1 Å². The summed E-state index contributed by atoms with van der Waals surface area (Å²) in [5.41, 5.74) is 4.86. The first-order chi connectivity index (χ1) is 18.4. The summed E-state index contributed by atoms with van der Waals surface area (Å²) in [6.45, 7) is 8.17. The number of benzene rings is 1. The smallest absolute Gasteiger partial charge is 0.255 e. The van der Waals surface area contributed by atoms with Crippen LogP contribution in [0.3, 0.4) is 0 Å². The first-order valence-electron chi connectivity index (χ1n) is 13.2. The highest BCUT2D eigenvalue weighted by Crippen LogP contribution is 2.34. The van der Waals surface area contributed by atoms with Gasteiger partial charge in [0.25, 0.3) is 5.91 Å². The van der Waals surface area contributed by atoms with Crippen LogP contribution in [0.4, 0.5) is 17.5 Å². The maximum Gasteiger partial charge on any atom is 0.255 e. The minimum absolute atomic E-state index is 0.186. The van der Waals surface area contributed by atoms with Crippen molar-refractivity contribution < 1.29 is 4.79 Å². The van der Waals surface area contributed by atoms with Crippen LogP contribution in [0.2, 0.25) is 0 Å². The maximum absolute atomic E-state index is 13.5. The van der Waals surface area contributed by atoms with Crippen molar-refractivity contribution in [3.8, 4) is 11.3 Å². The number of piperidine rings is 1. The van der Waals surface area contributed by atoms with E-state index in [1.807, 2.05) is 56.3 Å². The first kappa shape index (κ1) is 24.1. The summed E-state index contributed by atoms with van der Waals surface area (Å²) in [7, 11) is 1.86. The van der Waals surface area contributed by atoms with Crippen LogP contribution in [0.25, 0.3) is 22.2 Å². The standard InChI is InChI=1S/C27H32N10O/c1-5-18-7-6-12-36(15-18)23-13-19(10-11-28-23)25-21-14-20(8-9-22(21)30-31-25)29-26(38)24-16(2)35(4)27-32-33-34-37(27)17(24)3/h8-11,13-14,17-18H,5-7,12,15H2,1-4H3,(H,29,38)(H,30,31)/t17-,18+/m0/s1. The molecule has 5 heterocycles. The number of aromatic nitrogens is 7. The van der Waals surface area contributed by atoms with Gasteiger partial charge in [0.15, 0.2) is 0 Å². The zero-order chi connectivity index (χ0) is 26.4. The van der Waals surface area contributed by atoms with E-state index in [-0.39, 0.29) is 11.9 Å². The van der Waals surface area contributed by atoms with Crippen LogP contribution in [-0.4, -0.2) is 61.4 Å². The fourth-order valence-electron chi connectivity index (χ4n) is 5.62. The van der Waals surface area contributed by atoms with Gasteiger partial charge in [0.05, 0.1) is 17.1 Å². The Morgan fingerprint density at radius 3 is 2.95 bits per heavy atom. The van der Waals surface area contributed by atoms with Crippen LogP contribution >= 0.6 is 0 Å². The predicted molar refractivity (Wildman–Crippen MR) is 147 cm³/mol. The molecule has 2 aliphatic rings. The van der Waals surface area contributed by atoms with Gasteiger partial charge in [0.1, 0.15) is 11.5 Å². The average Bonchev–Trinajstić information content (AvgIpc) is 3.60. The molecular formula is C27H32N10O. The van der Waals surface area contributed by atoms with Crippen LogP contribution in [-0.2, 0) is 4.79 Å². The normalized spacial score (nSPS) is 19.7. The zero-order valence-electron chi connectivity index (χ0n) is 22.1. The number of hydrogen-bond donors (Lipinski definition) is 2. The minimum Gasteiger partial charge on any atom is -0.356 e. The number of anilines is 3. The van der Waals surface area contributed by atoms with Crippen LogP contribution in [0.5, 0.6) is 0 Å². The maximum atomic E-state index is 13.5. The summed E-state index contributed by atoms with van der Waals surface area (Å²) in [6.07, 6.45) is 5.53. The van der Waals surface area contributed by atoms with E-state index in [4.69, 9.17) is 0 Å². The van der Waals surface area contributed by atoms with Gasteiger partial charge in [-0.1, -0.05) is 18.4 Å². The van der Waals surface area contributed by atoms with Gasteiger partial charge in [-0.3, -0.25) is 9.89 Å². The van der Waals surface area contributed by atoms with Crippen molar-refractivity contribution in [2.24, 2.45) is 5.92 Å². The second-order valence-corrected chi connectivity index (χ2v) is 10.2. The fourth-order valence-corrected chi connectivity index (χ4v) is 5.62. The molecule has 0 unspecified atom stereocenters. The monoisotopic (exact) mass is 512 g/mol. The molecule has 1 fully saturated rings. The molecule has 0 bridgehead atoms. The van der Waals surface area contributed by atoms with Crippen LogP contribution in [0.15, 0.2) is 47.8 Å². The molecule has 1 amide bonds. The molecule has 1 aromatic carbocycles. The number of carbonyl (C=O) groups is 1. The van der Waals surface area contributed by atoms with Gasteiger partial charge in [-0.05, 0) is 73.4 Å². The van der Waals surface area contributed by atoms with Crippen molar-refractivity contribution in [2.45, 2.75) is 46.1 Å². The molecule has 11 heteroatoms. The lowest BCUT2D eigenvalue weighted by Crippen LogP contribution is -2.35. The zero-order valence-corrected chi connectivity index (χ0v) is 22.1. The minimum atomic E-state index is -0.290. The van der Waals surface area contributed by atoms with Crippen LogP contribution in [0.1, 0.15) is 46.1 Å². The van der Waals surface area contributed by atoms with Crippen molar-refractivity contribution in [1.29, 1.82) is 0 Å². The topological polar surface area (TPSA) is 121 Å². The molecule has 0 saturated carbocycles. The van der Waals surface area contributed by atoms with E-state index < -0.39 is 0 Å². The summed E-state index contributed by atoms with van der Waals surface area (Å²) < 4.78 is 1.66. The lowest BCUT2D eigenvalue weighted by Gasteiger charge is -2.33. The van der Waals surface area contributed by atoms with E-state index in [0.29, 0.717) is 23.1 Å². The molecule has 0 spiro atoms. The van der Waals surface area contributed by atoms with E-state index in [1.54, 1.807) is 4.68 Å². The van der Waals surface area contributed by atoms with Gasteiger partial charge in [-0.25, -0.2) is 9.67 Å². The quantitative estimate of drug-likeness (QED) is 0.409. The number of pyridine rings is 1. The van der Waals surface area contributed by atoms with E-state index in [0.717, 1.165) is 46.8 Å². The average molecular weight is 513 g/mol. The Bertz CT molecular complexity index is 1540. The Balaban J connectivity index is 1.28. The van der Waals surface area contributed by atoms with Crippen LogP contribution in [0, 0.1) is 5.92 Å². The van der Waals surface area contributed by atoms with E-state index >= 15 is 0 Å². The Hall–Kier alpha value is -4.28. The summed E-state index contributed by atoms with van der Waals surface area (Å²) in [4.78, 5) is 22.3. The summed E-state index contributed by atoms with van der Waals surface area (Å²) in [5, 5.41) is 23.7. The van der Waals surface area contributed by atoms with E-state index in [9.17, 15) is 4.79 Å². The fraction of sp³-hybridized carbons (Fsp3) is 0.407. The Morgan fingerprint density at radius 2 is 2.11 bits per heavy atom. The largest absolute Gasteiger partial charge is 0.356 e. The number of hydrogen-bond acceptors (Lipinski definition) is 8. The number of aromatic amines is 1. The molecule has 38 heavy (non-hydrogen) atoms. The van der Waals surface area contributed by atoms with Crippen molar-refractivity contribution in [3.63, 3.8) is 0 Å². The number of carbonyl (C=O) groups excluding carboxylic acids is 1. The Kier molecular flexibility index (Phi) is 6.05. The molecule has 2 atom stereocenters. The van der Waals surface area contributed by atoms with Crippen molar-refractivity contribution >= 4 is 34.3 Å². The van der Waals surface area contributed by atoms with Gasteiger partial charge < -0.3 is 15.1 Å². The number of nitrogens with one attached hydrogen (secondary N) is 2. The van der Waals surface area contributed by atoms with E-state index in [2.05, 4.69) is 53.9 Å². The third-order valence-electron chi connectivity index (χ3n) is 7.96. The third kappa shape index (κ3) is 4.07. The highest BCUT2D eigenvalue weighted by atomic mass is 16.1. The van der Waals surface area contributed by atoms with Crippen molar-refractivity contribution in [1.82, 2.24) is 35.4 Å². The molecule has 2 N–H and O–H groups in total. The highest BCUT2D eigenvalue weighted by molar-refractivity contribution is 6.07. The lowest BCUT2D eigenvalue weighted by molar-refractivity contribution is -0.113. The second kappa shape index (κ2) is 9.55. The van der Waals surface area contributed by atoms with Crippen molar-refractivity contribution in [3.05, 3.63) is 47.8 Å². The molecule has 0 aliphatic carbocycles. The number of tetrazole rings is 1. The van der Waals surface area contributed by atoms with E-state index in [1.165, 1.54) is 19.3 Å². The highest BCUT2D eigenvalue weighted by Gasteiger charge is 2.32. The number of nitrogens with zero attached hydrogens (tertiary/aromatic N) is 8. The Morgan fingerprint density at radius 1 is 1.24 bits per heavy atom. The third-order valence-corrected chi connectivity index (χ3v) is 7.96. The first-order valence-corrected chi connectivity index (χ1v) is 13.2. The molecule has 1 saturated heterocycles. The number of H-pyrrole nitrogens is 1. The van der Waals surface area contributed by atoms with Gasteiger partial charge in [0.2, 0.25) is 5.95 Å². The lowest BCUT2D eigenvalue weighted by atomic mass is 9.95. The second-order valence-electron chi connectivity index (χ2n) is 10.2. The molecule has 11 nitrogen and oxygen atoms in total. The van der Waals surface area contributed by atoms with Crippen molar-refractivity contribution in [2.75, 3.05) is 35.3 Å². The number of amides is 1. The number of fused-ring (bicyclic) bond motifs is 2. The molecule has 0 radical (unpaired) electrons. The SMILES string of the molecule is CC[C@@H]1CCCN(c2cc(-c3n[nH]c4ccc(NC(=O)C5=C(C)N(C)c6nnnn6[C@H]5C)cc34)ccn2)C1. The summed E-state index contributed by atoms with van der Waals surface area (Å²) in [5.74, 6) is 2.13. The molecule has 3 aromatic heterocycles. The predicted octanol–water partition coefficient (Wildman–Crippen LogP) is 4.16. The van der Waals surface area contributed by atoms with Gasteiger partial charge in [-0.2, -0.15) is 5.10 Å². The van der Waals surface area contributed by atoms with Gasteiger partial charge in [-0.15, -0.1) is 0 Å². The van der Waals surface area contributed by atoms with Gasteiger partial charge in [0, 0.05) is 48.7 Å². The summed E-state index contributed by atoms with van der Waals surface area (Å²) in [6, 6.07) is 9.61. The molecule has 4 aromatic rings. The molecule has 2 aliphatic heterocycles. The summed E-state index contributed by atoms with van der Waals surface area (Å²) >= 11 is 0. The Labute approximate surface area is 220 Å². The number of allylic oxidation sites excluding steroid dienone is 1. The molecular weight excluding hydrogens is 480 g/mol. The van der Waals surface area contributed by atoms with Gasteiger partial charge >= 0.3 is 0 Å². The molecule has 196 valence electrons. The molecule has 6 rings (SSSR count). The number of rotatable bonds is 5.